The maximum Gasteiger partial charge on any atom is 0.333 e. The lowest BCUT2D eigenvalue weighted by Crippen LogP contribution is -2.41. The summed E-state index contributed by atoms with van der Waals surface area (Å²) < 4.78 is 4.94. The van der Waals surface area contributed by atoms with Gasteiger partial charge in [-0.3, -0.25) is 9.79 Å². The molecule has 23 heavy (non-hydrogen) atoms. The minimum absolute atomic E-state index is 0.199. The Morgan fingerprint density at radius 3 is 2.74 bits per heavy atom. The van der Waals surface area contributed by atoms with Crippen molar-refractivity contribution in [1.82, 2.24) is 4.90 Å². The van der Waals surface area contributed by atoms with Crippen LogP contribution in [0.15, 0.2) is 46.8 Å². The minimum atomic E-state index is -0.785. The first-order chi connectivity index (χ1) is 11.1. The molecule has 1 aliphatic rings. The van der Waals surface area contributed by atoms with E-state index in [9.17, 15) is 9.59 Å². The number of rotatable bonds is 3. The highest BCUT2D eigenvalue weighted by molar-refractivity contribution is 7.12. The maximum atomic E-state index is 12.9. The van der Waals surface area contributed by atoms with Gasteiger partial charge in [0, 0.05) is 5.71 Å². The summed E-state index contributed by atoms with van der Waals surface area (Å²) in [6.45, 7) is 2.14. The van der Waals surface area contributed by atoms with Crippen LogP contribution in [0.25, 0.3) is 0 Å². The van der Waals surface area contributed by atoms with E-state index in [-0.39, 0.29) is 12.5 Å². The van der Waals surface area contributed by atoms with Crippen molar-refractivity contribution in [1.29, 1.82) is 0 Å². The zero-order valence-electron chi connectivity index (χ0n) is 12.9. The standard InChI is InChI=1S/C17H16N2O3S/c1-11-10-19(16(20)15-13(18-11)8-9-23-15)14(17(21)22-2)12-6-4-3-5-7-12/h3-9,14H,10H2,1-2H3/t14-/m0/s1. The second kappa shape index (κ2) is 6.34. The molecule has 1 aromatic heterocycles. The van der Waals surface area contributed by atoms with Gasteiger partial charge in [0.15, 0.2) is 6.04 Å². The van der Waals surface area contributed by atoms with Gasteiger partial charge in [0.05, 0.1) is 19.3 Å². The molecular formula is C17H16N2O3S. The van der Waals surface area contributed by atoms with Gasteiger partial charge in [-0.05, 0) is 23.9 Å². The van der Waals surface area contributed by atoms with Gasteiger partial charge in [0.2, 0.25) is 0 Å². The molecule has 0 aliphatic carbocycles. The Labute approximate surface area is 138 Å². The number of esters is 1. The topological polar surface area (TPSA) is 59.0 Å². The molecule has 0 N–H and O–H groups in total. The molecule has 0 radical (unpaired) electrons. The second-order valence-electron chi connectivity index (χ2n) is 5.25. The van der Waals surface area contributed by atoms with E-state index < -0.39 is 12.0 Å². The smallest absolute Gasteiger partial charge is 0.333 e. The Bertz CT molecular complexity index is 767. The number of methoxy groups -OCH3 is 1. The molecule has 5 nitrogen and oxygen atoms in total. The number of amides is 1. The molecule has 2 aromatic rings. The van der Waals surface area contributed by atoms with Gasteiger partial charge in [-0.2, -0.15) is 0 Å². The van der Waals surface area contributed by atoms with Gasteiger partial charge in [-0.15, -0.1) is 11.3 Å². The van der Waals surface area contributed by atoms with Crippen LogP contribution in [0, 0.1) is 0 Å². The van der Waals surface area contributed by atoms with E-state index in [1.54, 1.807) is 0 Å². The Morgan fingerprint density at radius 1 is 1.30 bits per heavy atom. The predicted molar refractivity (Wildman–Crippen MR) is 89.3 cm³/mol. The lowest BCUT2D eigenvalue weighted by atomic mass is 10.0. The number of thiophene rings is 1. The SMILES string of the molecule is COC(=O)[C@H](c1ccccc1)N1CC(C)=Nc2ccsc2C1=O. The van der Waals surface area contributed by atoms with Gasteiger partial charge in [0.25, 0.3) is 5.91 Å². The molecule has 118 valence electrons. The third-order valence-corrected chi connectivity index (χ3v) is 4.55. The molecule has 0 fully saturated rings. The molecule has 2 heterocycles. The summed E-state index contributed by atoms with van der Waals surface area (Å²) in [6.07, 6.45) is 0. The van der Waals surface area contributed by atoms with Crippen molar-refractivity contribution in [3.05, 3.63) is 52.2 Å². The summed E-state index contributed by atoms with van der Waals surface area (Å²) in [5.74, 6) is -0.660. The molecule has 1 atom stereocenters. The first kappa shape index (κ1) is 15.4. The van der Waals surface area contributed by atoms with Gasteiger partial charge in [0.1, 0.15) is 4.88 Å². The Balaban J connectivity index is 2.08. The number of fused-ring (bicyclic) bond motifs is 1. The highest BCUT2D eigenvalue weighted by Crippen LogP contribution is 2.33. The number of carbonyl (C=O) groups is 2. The van der Waals surface area contributed by atoms with E-state index >= 15 is 0 Å². The van der Waals surface area contributed by atoms with Crippen LogP contribution in [0.4, 0.5) is 5.69 Å². The largest absolute Gasteiger partial charge is 0.467 e. The maximum absolute atomic E-state index is 12.9. The predicted octanol–water partition coefficient (Wildman–Crippen LogP) is 3.21. The average molecular weight is 328 g/mol. The molecule has 0 unspecified atom stereocenters. The van der Waals surface area contributed by atoms with Gasteiger partial charge < -0.3 is 9.64 Å². The van der Waals surface area contributed by atoms with Crippen LogP contribution in [-0.2, 0) is 9.53 Å². The zero-order chi connectivity index (χ0) is 16.4. The van der Waals surface area contributed by atoms with E-state index in [0.717, 1.165) is 11.3 Å². The number of hydrogen-bond acceptors (Lipinski definition) is 5. The van der Waals surface area contributed by atoms with Gasteiger partial charge in [-0.1, -0.05) is 30.3 Å². The number of hydrogen-bond donors (Lipinski definition) is 0. The van der Waals surface area contributed by atoms with Crippen LogP contribution in [0.5, 0.6) is 0 Å². The third-order valence-electron chi connectivity index (χ3n) is 3.66. The fourth-order valence-corrected chi connectivity index (χ4v) is 3.42. The molecule has 1 aliphatic heterocycles. The lowest BCUT2D eigenvalue weighted by Gasteiger charge is -2.29. The normalized spacial score (nSPS) is 15.5. The summed E-state index contributed by atoms with van der Waals surface area (Å²) in [7, 11) is 1.33. The average Bonchev–Trinajstić information content (AvgIpc) is 2.98. The summed E-state index contributed by atoms with van der Waals surface area (Å²) in [4.78, 5) is 31.9. The molecular weight excluding hydrogens is 312 g/mol. The van der Waals surface area contributed by atoms with E-state index in [2.05, 4.69) is 4.99 Å². The van der Waals surface area contributed by atoms with Crippen molar-refractivity contribution in [3.8, 4) is 0 Å². The first-order valence-electron chi connectivity index (χ1n) is 7.17. The van der Waals surface area contributed by atoms with Crippen molar-refractivity contribution in [3.63, 3.8) is 0 Å². The summed E-state index contributed by atoms with van der Waals surface area (Å²) >= 11 is 1.33. The third kappa shape index (κ3) is 2.90. The Morgan fingerprint density at radius 2 is 2.04 bits per heavy atom. The van der Waals surface area contributed by atoms with Crippen molar-refractivity contribution in [2.75, 3.05) is 13.7 Å². The quantitative estimate of drug-likeness (QED) is 0.813. The van der Waals surface area contributed by atoms with E-state index in [1.165, 1.54) is 23.3 Å². The van der Waals surface area contributed by atoms with E-state index in [0.29, 0.717) is 10.6 Å². The van der Waals surface area contributed by atoms with Crippen molar-refractivity contribution in [2.45, 2.75) is 13.0 Å². The zero-order valence-corrected chi connectivity index (χ0v) is 13.7. The van der Waals surface area contributed by atoms with Crippen molar-refractivity contribution in [2.24, 2.45) is 4.99 Å². The lowest BCUT2D eigenvalue weighted by molar-refractivity contribution is -0.146. The molecule has 1 aromatic carbocycles. The second-order valence-corrected chi connectivity index (χ2v) is 6.17. The number of aliphatic imine (C=N–C) groups is 1. The molecule has 6 heteroatoms. The van der Waals surface area contributed by atoms with Gasteiger partial charge >= 0.3 is 5.97 Å². The number of benzene rings is 1. The van der Waals surface area contributed by atoms with E-state index in [1.807, 2.05) is 48.7 Å². The number of carbonyl (C=O) groups excluding carboxylic acids is 2. The van der Waals surface area contributed by atoms with Crippen molar-refractivity contribution < 1.29 is 14.3 Å². The summed E-state index contributed by atoms with van der Waals surface area (Å²) in [5, 5.41) is 1.83. The Hall–Kier alpha value is -2.47. The van der Waals surface area contributed by atoms with E-state index in [4.69, 9.17) is 4.74 Å². The minimum Gasteiger partial charge on any atom is -0.467 e. The van der Waals surface area contributed by atoms with Crippen LogP contribution >= 0.6 is 11.3 Å². The first-order valence-corrected chi connectivity index (χ1v) is 8.05. The van der Waals surface area contributed by atoms with Crippen LogP contribution < -0.4 is 0 Å². The molecule has 3 rings (SSSR count). The van der Waals surface area contributed by atoms with Gasteiger partial charge in [-0.25, -0.2) is 4.79 Å². The van der Waals surface area contributed by atoms with Crippen LogP contribution in [0.2, 0.25) is 0 Å². The van der Waals surface area contributed by atoms with Crippen molar-refractivity contribution >= 4 is 34.6 Å². The van der Waals surface area contributed by atoms with Crippen LogP contribution in [0.1, 0.15) is 28.2 Å². The fraction of sp³-hybridized carbons (Fsp3) is 0.235. The molecule has 0 saturated carbocycles. The number of nitrogens with zero attached hydrogens (tertiary/aromatic N) is 2. The fourth-order valence-electron chi connectivity index (χ4n) is 2.64. The molecule has 0 spiro atoms. The Kier molecular flexibility index (Phi) is 4.25. The molecule has 0 saturated heterocycles. The molecule has 0 bridgehead atoms. The summed E-state index contributed by atoms with van der Waals surface area (Å²) in [5.41, 5.74) is 2.16. The van der Waals surface area contributed by atoms with Crippen LogP contribution in [-0.4, -0.2) is 36.1 Å². The summed E-state index contributed by atoms with van der Waals surface area (Å²) in [6, 6.07) is 10.2. The molecule has 1 amide bonds. The monoisotopic (exact) mass is 328 g/mol. The van der Waals surface area contributed by atoms with Crippen LogP contribution in [0.3, 0.4) is 0 Å². The highest BCUT2D eigenvalue weighted by atomic mass is 32.1. The highest BCUT2D eigenvalue weighted by Gasteiger charge is 2.35. The number of ether oxygens (including phenoxy) is 1.